The molecule has 2 rings (SSSR count). The lowest BCUT2D eigenvalue weighted by Crippen LogP contribution is -2.30. The zero-order valence-electron chi connectivity index (χ0n) is 15.7. The highest BCUT2D eigenvalue weighted by molar-refractivity contribution is 7.90. The molecule has 0 spiro atoms. The molecule has 0 aliphatic heterocycles. The third-order valence-electron chi connectivity index (χ3n) is 3.92. The van der Waals surface area contributed by atoms with E-state index in [1.807, 2.05) is 11.6 Å². The van der Waals surface area contributed by atoms with Gasteiger partial charge in [0.2, 0.25) is 5.91 Å². The van der Waals surface area contributed by atoms with Gasteiger partial charge in [-0.2, -0.15) is 0 Å². The van der Waals surface area contributed by atoms with Crippen molar-refractivity contribution in [2.24, 2.45) is 0 Å². The molecule has 0 saturated carbocycles. The number of aromatic carboxylic acids is 1. The Kier molecular flexibility index (Phi) is 7.43. The van der Waals surface area contributed by atoms with Crippen molar-refractivity contribution in [1.29, 1.82) is 0 Å². The summed E-state index contributed by atoms with van der Waals surface area (Å²) in [7, 11) is -4.11. The fraction of sp³-hybridized carbons (Fsp3) is 0.263. The zero-order chi connectivity index (χ0) is 21.4. The highest BCUT2D eigenvalue weighted by atomic mass is 32.2. The predicted molar refractivity (Wildman–Crippen MR) is 104 cm³/mol. The molecule has 0 atom stereocenters. The number of rotatable bonds is 9. The summed E-state index contributed by atoms with van der Waals surface area (Å²) in [5.74, 6) is -2.20. The van der Waals surface area contributed by atoms with Crippen LogP contribution in [0.25, 0.3) is 0 Å². The molecule has 0 fully saturated rings. The molecule has 10 heteroatoms. The number of carboxylic acids is 1. The summed E-state index contributed by atoms with van der Waals surface area (Å²) in [6, 6.07) is 8.23. The minimum atomic E-state index is -4.11. The summed E-state index contributed by atoms with van der Waals surface area (Å²) < 4.78 is 26.7. The van der Waals surface area contributed by atoms with E-state index in [1.54, 1.807) is 12.1 Å². The van der Waals surface area contributed by atoms with Crippen LogP contribution < -0.4 is 10.0 Å². The lowest BCUT2D eigenvalue weighted by Gasteiger charge is -2.08. The maximum atomic E-state index is 12.4. The van der Waals surface area contributed by atoms with Gasteiger partial charge < -0.3 is 10.4 Å². The molecule has 0 aliphatic carbocycles. The number of nitrogens with one attached hydrogen (secondary N) is 2. The van der Waals surface area contributed by atoms with Crippen molar-refractivity contribution in [2.75, 3.05) is 6.54 Å². The van der Waals surface area contributed by atoms with Gasteiger partial charge in [-0.3, -0.25) is 9.59 Å². The SMILES string of the molecule is CCCC(=O)NCCc1ccc(S(=O)(=O)NC(=O)c2ccc(C(=O)O)nc2)cc1. The van der Waals surface area contributed by atoms with Gasteiger partial charge >= 0.3 is 5.97 Å². The Morgan fingerprint density at radius 2 is 1.76 bits per heavy atom. The Balaban J connectivity index is 1.98. The fourth-order valence-corrected chi connectivity index (χ4v) is 3.37. The number of benzene rings is 1. The summed E-state index contributed by atoms with van der Waals surface area (Å²) >= 11 is 0. The molecule has 0 saturated heterocycles. The summed E-state index contributed by atoms with van der Waals surface area (Å²) in [5, 5.41) is 11.6. The lowest BCUT2D eigenvalue weighted by molar-refractivity contribution is -0.121. The van der Waals surface area contributed by atoms with E-state index in [1.165, 1.54) is 18.2 Å². The number of carbonyl (C=O) groups excluding carboxylic acids is 2. The van der Waals surface area contributed by atoms with Crippen LogP contribution in [0.3, 0.4) is 0 Å². The van der Waals surface area contributed by atoms with E-state index in [4.69, 9.17) is 5.11 Å². The van der Waals surface area contributed by atoms with Crippen LogP contribution in [0.5, 0.6) is 0 Å². The van der Waals surface area contributed by atoms with Crippen LogP contribution in [-0.4, -0.2) is 42.8 Å². The van der Waals surface area contributed by atoms with Gasteiger partial charge in [0.05, 0.1) is 10.5 Å². The first-order valence-corrected chi connectivity index (χ1v) is 10.3. The minimum absolute atomic E-state index is 0.0275. The molecule has 1 aromatic carbocycles. The van der Waals surface area contributed by atoms with Crippen LogP contribution in [0.1, 0.15) is 46.2 Å². The lowest BCUT2D eigenvalue weighted by atomic mass is 10.1. The molecule has 2 amide bonds. The van der Waals surface area contributed by atoms with Crippen LogP contribution in [0.4, 0.5) is 0 Å². The Morgan fingerprint density at radius 1 is 1.07 bits per heavy atom. The highest BCUT2D eigenvalue weighted by Gasteiger charge is 2.19. The van der Waals surface area contributed by atoms with Crippen molar-refractivity contribution in [3.8, 4) is 0 Å². The van der Waals surface area contributed by atoms with Gasteiger partial charge in [-0.05, 0) is 42.7 Å². The van der Waals surface area contributed by atoms with E-state index in [-0.39, 0.29) is 22.1 Å². The molecular weight excluding hydrogens is 398 g/mol. The third-order valence-corrected chi connectivity index (χ3v) is 5.27. The molecule has 1 aromatic heterocycles. The third kappa shape index (κ3) is 6.39. The number of carboxylic acid groups (broad SMARTS) is 1. The summed E-state index contributed by atoms with van der Waals surface area (Å²) in [5.41, 5.74) is 0.490. The normalized spacial score (nSPS) is 10.9. The predicted octanol–water partition coefficient (Wildman–Crippen LogP) is 1.36. The molecule has 2 aromatic rings. The smallest absolute Gasteiger partial charge is 0.354 e. The Bertz CT molecular complexity index is 986. The van der Waals surface area contributed by atoms with Crippen molar-refractivity contribution < 1.29 is 27.9 Å². The van der Waals surface area contributed by atoms with Gasteiger partial charge in [0.15, 0.2) is 0 Å². The molecule has 0 bridgehead atoms. The molecule has 0 unspecified atom stereocenters. The first-order valence-electron chi connectivity index (χ1n) is 8.85. The summed E-state index contributed by atoms with van der Waals surface area (Å²) in [4.78, 5) is 37.8. The second-order valence-corrected chi connectivity index (χ2v) is 7.85. The highest BCUT2D eigenvalue weighted by Crippen LogP contribution is 2.12. The molecule has 29 heavy (non-hydrogen) atoms. The van der Waals surface area contributed by atoms with E-state index in [0.29, 0.717) is 19.4 Å². The Labute approximate surface area is 168 Å². The number of pyridine rings is 1. The Hall–Kier alpha value is -3.27. The number of hydrogen-bond donors (Lipinski definition) is 3. The average molecular weight is 419 g/mol. The first kappa shape index (κ1) is 22.0. The topological polar surface area (TPSA) is 143 Å². The molecule has 9 nitrogen and oxygen atoms in total. The van der Waals surface area contributed by atoms with E-state index in [0.717, 1.165) is 24.2 Å². The molecule has 154 valence electrons. The monoisotopic (exact) mass is 419 g/mol. The van der Waals surface area contributed by atoms with E-state index in [2.05, 4.69) is 10.3 Å². The molecule has 1 heterocycles. The van der Waals surface area contributed by atoms with Crippen molar-refractivity contribution in [3.05, 3.63) is 59.4 Å². The number of aromatic nitrogens is 1. The van der Waals surface area contributed by atoms with Crippen LogP contribution in [-0.2, 0) is 21.2 Å². The van der Waals surface area contributed by atoms with Crippen molar-refractivity contribution in [3.63, 3.8) is 0 Å². The zero-order valence-corrected chi connectivity index (χ0v) is 16.5. The van der Waals surface area contributed by atoms with Gasteiger partial charge in [-0.25, -0.2) is 22.9 Å². The number of amides is 2. The molecule has 0 aliphatic rings. The molecule has 0 radical (unpaired) electrons. The molecule has 3 N–H and O–H groups in total. The Morgan fingerprint density at radius 3 is 2.31 bits per heavy atom. The average Bonchev–Trinajstić information content (AvgIpc) is 2.68. The number of nitrogens with zero attached hydrogens (tertiary/aromatic N) is 1. The van der Waals surface area contributed by atoms with E-state index >= 15 is 0 Å². The van der Waals surface area contributed by atoms with Gasteiger partial charge in [0, 0.05) is 19.2 Å². The number of sulfonamides is 1. The number of carbonyl (C=O) groups is 3. The summed E-state index contributed by atoms with van der Waals surface area (Å²) in [6.45, 7) is 2.36. The van der Waals surface area contributed by atoms with E-state index < -0.39 is 21.9 Å². The largest absolute Gasteiger partial charge is 0.477 e. The van der Waals surface area contributed by atoms with Crippen molar-refractivity contribution in [2.45, 2.75) is 31.1 Å². The fourth-order valence-electron chi connectivity index (χ4n) is 2.39. The van der Waals surface area contributed by atoms with Gasteiger partial charge in [-0.15, -0.1) is 0 Å². The van der Waals surface area contributed by atoms with E-state index in [9.17, 15) is 22.8 Å². The maximum Gasteiger partial charge on any atom is 0.354 e. The quantitative estimate of drug-likeness (QED) is 0.557. The van der Waals surface area contributed by atoms with Crippen LogP contribution in [0.15, 0.2) is 47.5 Å². The number of hydrogen-bond acceptors (Lipinski definition) is 6. The van der Waals surface area contributed by atoms with Gasteiger partial charge in [-0.1, -0.05) is 19.1 Å². The van der Waals surface area contributed by atoms with Crippen LogP contribution in [0, 0.1) is 0 Å². The second kappa shape index (κ2) is 9.78. The van der Waals surface area contributed by atoms with Crippen LogP contribution in [0.2, 0.25) is 0 Å². The molecular formula is C19H21N3O6S. The van der Waals surface area contributed by atoms with Crippen molar-refractivity contribution >= 4 is 27.8 Å². The van der Waals surface area contributed by atoms with Crippen molar-refractivity contribution in [1.82, 2.24) is 15.0 Å². The standard InChI is InChI=1S/C19H21N3O6S/c1-2-3-17(23)20-11-10-13-4-7-15(8-5-13)29(27,28)22-18(24)14-6-9-16(19(25)26)21-12-14/h4-9,12H,2-3,10-11H2,1H3,(H,20,23)(H,22,24)(H,25,26). The summed E-state index contributed by atoms with van der Waals surface area (Å²) in [6.07, 6.45) is 2.77. The first-order chi connectivity index (χ1) is 13.7. The maximum absolute atomic E-state index is 12.4. The minimum Gasteiger partial charge on any atom is -0.477 e. The van der Waals surface area contributed by atoms with Gasteiger partial charge in [0.1, 0.15) is 5.69 Å². The van der Waals surface area contributed by atoms with Crippen LogP contribution >= 0.6 is 0 Å². The second-order valence-electron chi connectivity index (χ2n) is 6.17. The van der Waals surface area contributed by atoms with Gasteiger partial charge in [0.25, 0.3) is 15.9 Å².